The van der Waals surface area contributed by atoms with Crippen molar-refractivity contribution in [3.63, 3.8) is 0 Å². The first-order valence-electron chi connectivity index (χ1n) is 6.08. The van der Waals surface area contributed by atoms with E-state index in [1.165, 1.54) is 0 Å². The molecule has 1 heterocycles. The van der Waals surface area contributed by atoms with Gasteiger partial charge in [0.1, 0.15) is 0 Å². The average Bonchev–Trinajstić information content (AvgIpc) is 2.38. The Labute approximate surface area is 109 Å². The van der Waals surface area contributed by atoms with Crippen LogP contribution in [0, 0.1) is 0 Å². The van der Waals surface area contributed by atoms with Crippen LogP contribution in [0.4, 0.5) is 13.2 Å². The van der Waals surface area contributed by atoms with Gasteiger partial charge in [0.05, 0.1) is 0 Å². The number of aromatic nitrogens is 1. The van der Waals surface area contributed by atoms with Gasteiger partial charge in [-0.2, -0.15) is 13.2 Å². The van der Waals surface area contributed by atoms with Gasteiger partial charge in [-0.15, -0.1) is 0 Å². The minimum Gasteiger partial charge on any atom is -0.313 e. The standard InChI is InChI=1S/C14H15F3N2/c1-18-13(5-7-14(15,16)17)12-4-2-3-10-9-19-8-6-11(10)12/h2-4,6,8-9,13,18H,5,7H2,1H3. The SMILES string of the molecule is CNC(CCC(F)(F)F)c1cccc2cnccc12. The summed E-state index contributed by atoms with van der Waals surface area (Å²) in [7, 11) is 1.68. The summed E-state index contributed by atoms with van der Waals surface area (Å²) in [6.45, 7) is 0. The first-order valence-corrected chi connectivity index (χ1v) is 6.08. The smallest absolute Gasteiger partial charge is 0.313 e. The lowest BCUT2D eigenvalue weighted by Gasteiger charge is -2.19. The molecule has 1 N–H and O–H groups in total. The third-order valence-corrected chi connectivity index (χ3v) is 3.15. The third kappa shape index (κ3) is 3.44. The fourth-order valence-corrected chi connectivity index (χ4v) is 2.21. The van der Waals surface area contributed by atoms with E-state index in [-0.39, 0.29) is 12.5 Å². The van der Waals surface area contributed by atoms with E-state index in [9.17, 15) is 13.2 Å². The van der Waals surface area contributed by atoms with Crippen molar-refractivity contribution in [2.24, 2.45) is 0 Å². The average molecular weight is 268 g/mol. The van der Waals surface area contributed by atoms with E-state index in [1.54, 1.807) is 19.4 Å². The van der Waals surface area contributed by atoms with Gasteiger partial charge in [0.25, 0.3) is 0 Å². The maximum absolute atomic E-state index is 12.3. The Kier molecular flexibility index (Phi) is 4.04. The summed E-state index contributed by atoms with van der Waals surface area (Å²) in [6, 6.07) is 7.13. The van der Waals surface area contributed by atoms with Crippen molar-refractivity contribution >= 4 is 10.8 Å². The number of benzene rings is 1. The van der Waals surface area contributed by atoms with Gasteiger partial charge >= 0.3 is 6.18 Å². The van der Waals surface area contributed by atoms with E-state index in [0.717, 1.165) is 16.3 Å². The number of nitrogens with one attached hydrogen (secondary N) is 1. The van der Waals surface area contributed by atoms with Crippen LogP contribution in [0.15, 0.2) is 36.7 Å². The number of fused-ring (bicyclic) bond motifs is 1. The molecular formula is C14H15F3N2. The highest BCUT2D eigenvalue weighted by Gasteiger charge is 2.28. The van der Waals surface area contributed by atoms with Gasteiger partial charge in [0.15, 0.2) is 0 Å². The van der Waals surface area contributed by atoms with Crippen LogP contribution >= 0.6 is 0 Å². The molecule has 1 aromatic carbocycles. The van der Waals surface area contributed by atoms with Gasteiger partial charge in [-0.3, -0.25) is 4.98 Å². The maximum Gasteiger partial charge on any atom is 0.389 e. The molecule has 1 atom stereocenters. The predicted molar refractivity (Wildman–Crippen MR) is 68.8 cm³/mol. The number of pyridine rings is 1. The second-order valence-electron chi connectivity index (χ2n) is 4.44. The first kappa shape index (κ1) is 13.8. The number of hydrogen-bond acceptors (Lipinski definition) is 2. The van der Waals surface area contributed by atoms with Crippen molar-refractivity contribution in [1.29, 1.82) is 0 Å². The van der Waals surface area contributed by atoms with E-state index >= 15 is 0 Å². The highest BCUT2D eigenvalue weighted by atomic mass is 19.4. The van der Waals surface area contributed by atoms with E-state index < -0.39 is 12.6 Å². The summed E-state index contributed by atoms with van der Waals surface area (Å²) in [5.74, 6) is 0. The molecule has 0 amide bonds. The van der Waals surface area contributed by atoms with Crippen LogP contribution in [0.1, 0.15) is 24.4 Å². The van der Waals surface area contributed by atoms with Gasteiger partial charge in [-0.05, 0) is 30.5 Å². The molecule has 0 bridgehead atoms. The molecule has 0 saturated heterocycles. The molecule has 2 nitrogen and oxygen atoms in total. The highest BCUT2D eigenvalue weighted by Crippen LogP contribution is 2.30. The topological polar surface area (TPSA) is 24.9 Å². The number of rotatable bonds is 4. The van der Waals surface area contributed by atoms with Gasteiger partial charge in [0, 0.05) is 30.2 Å². The van der Waals surface area contributed by atoms with Crippen molar-refractivity contribution in [1.82, 2.24) is 10.3 Å². The zero-order valence-electron chi connectivity index (χ0n) is 10.5. The number of nitrogens with zero attached hydrogens (tertiary/aromatic N) is 1. The second-order valence-corrected chi connectivity index (χ2v) is 4.44. The lowest BCUT2D eigenvalue weighted by molar-refractivity contribution is -0.136. The Balaban J connectivity index is 2.30. The molecule has 5 heteroatoms. The third-order valence-electron chi connectivity index (χ3n) is 3.15. The molecule has 2 rings (SSSR count). The minimum atomic E-state index is -4.12. The van der Waals surface area contributed by atoms with Crippen LogP contribution in [0.5, 0.6) is 0 Å². The molecule has 1 unspecified atom stereocenters. The molecule has 0 fully saturated rings. The molecular weight excluding hydrogens is 253 g/mol. The molecule has 19 heavy (non-hydrogen) atoms. The Bertz CT molecular complexity index is 546. The largest absolute Gasteiger partial charge is 0.389 e. The summed E-state index contributed by atoms with van der Waals surface area (Å²) in [5, 5.41) is 4.84. The quantitative estimate of drug-likeness (QED) is 0.911. The number of halogens is 3. The van der Waals surface area contributed by atoms with Crippen molar-refractivity contribution in [3.05, 3.63) is 42.2 Å². The van der Waals surface area contributed by atoms with Crippen LogP contribution in [0.25, 0.3) is 10.8 Å². The maximum atomic E-state index is 12.3. The zero-order valence-corrected chi connectivity index (χ0v) is 10.5. The highest BCUT2D eigenvalue weighted by molar-refractivity contribution is 5.85. The lowest BCUT2D eigenvalue weighted by Crippen LogP contribution is -2.20. The van der Waals surface area contributed by atoms with Crippen molar-refractivity contribution in [3.8, 4) is 0 Å². The number of hydrogen-bond donors (Lipinski definition) is 1. The van der Waals surface area contributed by atoms with Crippen molar-refractivity contribution in [2.45, 2.75) is 25.1 Å². The Morgan fingerprint density at radius 2 is 2.05 bits per heavy atom. The molecule has 0 spiro atoms. The fraction of sp³-hybridized carbons (Fsp3) is 0.357. The number of alkyl halides is 3. The summed E-state index contributed by atoms with van der Waals surface area (Å²) in [6.07, 6.45) is -1.51. The molecule has 0 aliphatic rings. The summed E-state index contributed by atoms with van der Waals surface area (Å²) < 4.78 is 37.0. The summed E-state index contributed by atoms with van der Waals surface area (Å²) in [5.41, 5.74) is 0.881. The monoisotopic (exact) mass is 268 g/mol. The van der Waals surface area contributed by atoms with Crippen LogP contribution in [-0.2, 0) is 0 Å². The molecule has 0 aliphatic heterocycles. The van der Waals surface area contributed by atoms with Gasteiger partial charge in [0.2, 0.25) is 0 Å². The van der Waals surface area contributed by atoms with Crippen LogP contribution in [0.2, 0.25) is 0 Å². The minimum absolute atomic E-state index is 0.0292. The van der Waals surface area contributed by atoms with E-state index in [2.05, 4.69) is 10.3 Å². The summed E-state index contributed by atoms with van der Waals surface area (Å²) in [4.78, 5) is 4.02. The molecule has 102 valence electrons. The molecule has 0 saturated carbocycles. The molecule has 1 aromatic heterocycles. The second kappa shape index (κ2) is 5.57. The Hall–Kier alpha value is -1.62. The van der Waals surface area contributed by atoms with E-state index in [4.69, 9.17) is 0 Å². The Morgan fingerprint density at radius 1 is 1.26 bits per heavy atom. The van der Waals surface area contributed by atoms with Gasteiger partial charge < -0.3 is 5.32 Å². The van der Waals surface area contributed by atoms with E-state index in [0.29, 0.717) is 0 Å². The lowest BCUT2D eigenvalue weighted by atomic mass is 9.97. The predicted octanol–water partition coefficient (Wildman–Crippen LogP) is 3.84. The van der Waals surface area contributed by atoms with Crippen molar-refractivity contribution in [2.75, 3.05) is 7.05 Å². The fourth-order valence-electron chi connectivity index (χ4n) is 2.21. The normalized spacial score (nSPS) is 13.7. The molecule has 2 aromatic rings. The Morgan fingerprint density at radius 3 is 2.74 bits per heavy atom. The summed E-state index contributed by atoms with van der Waals surface area (Å²) >= 11 is 0. The van der Waals surface area contributed by atoms with E-state index in [1.807, 2.05) is 24.3 Å². The first-order chi connectivity index (χ1) is 9.01. The molecule has 0 radical (unpaired) electrons. The van der Waals surface area contributed by atoms with Crippen LogP contribution in [-0.4, -0.2) is 18.2 Å². The van der Waals surface area contributed by atoms with Crippen LogP contribution in [0.3, 0.4) is 0 Å². The zero-order chi connectivity index (χ0) is 13.9. The van der Waals surface area contributed by atoms with Gasteiger partial charge in [-0.1, -0.05) is 18.2 Å². The van der Waals surface area contributed by atoms with Crippen LogP contribution < -0.4 is 5.32 Å². The van der Waals surface area contributed by atoms with Crippen molar-refractivity contribution < 1.29 is 13.2 Å². The van der Waals surface area contributed by atoms with Gasteiger partial charge in [-0.25, -0.2) is 0 Å². The molecule has 0 aliphatic carbocycles.